The first-order chi connectivity index (χ1) is 11.6. The number of carbonyl (C=O) groups is 1. The number of amides is 1. The number of carbonyl (C=O) groups excluding carboxylic acids is 1. The molecule has 2 rings (SSSR count). The number of ether oxygens (including phenoxy) is 1. The third-order valence-electron chi connectivity index (χ3n) is 5.18. The van der Waals surface area contributed by atoms with E-state index in [1.54, 1.807) is 0 Å². The fourth-order valence-corrected chi connectivity index (χ4v) is 4.13. The van der Waals surface area contributed by atoms with Crippen LogP contribution in [0.5, 0.6) is 0 Å². The van der Waals surface area contributed by atoms with E-state index in [1.807, 2.05) is 39.6 Å². The number of rotatable bonds is 4. The van der Waals surface area contributed by atoms with E-state index in [1.165, 1.54) is 6.42 Å². The van der Waals surface area contributed by atoms with Crippen LogP contribution in [0, 0.1) is 11.3 Å². The largest absolute Gasteiger partial charge is 0.377 e. The van der Waals surface area contributed by atoms with Gasteiger partial charge < -0.3 is 20.3 Å². The molecule has 0 radical (unpaired) electrons. The molecule has 1 heterocycles. The van der Waals surface area contributed by atoms with Crippen LogP contribution in [-0.2, 0) is 9.53 Å². The van der Waals surface area contributed by atoms with E-state index in [0.717, 1.165) is 19.0 Å². The Kier molecular flexibility index (Phi) is 6.02. The molecule has 2 N–H and O–H groups in total. The summed E-state index contributed by atoms with van der Waals surface area (Å²) in [5, 5.41) is 6.63. The molecule has 0 spiro atoms. The normalized spacial score (nSPS) is 28.6. The zero-order valence-corrected chi connectivity index (χ0v) is 17.0. The Morgan fingerprint density at radius 2 is 2.04 bits per heavy atom. The van der Waals surface area contributed by atoms with Crippen LogP contribution in [0.1, 0.15) is 54.4 Å². The average Bonchev–Trinajstić information content (AvgIpc) is 2.49. The van der Waals surface area contributed by atoms with Gasteiger partial charge in [0.2, 0.25) is 5.91 Å². The lowest BCUT2D eigenvalue weighted by Gasteiger charge is -2.60. The standard InChI is InChI=1S/C19H36N4O2/c1-8-20-17(23(7)12-14(24)22-18(2,3)4)21-15-13-10-9-11-25-16(13)19(15,5)6/h13,15-16H,8-12H2,1-7H3,(H,20,21)(H,22,24). The Labute approximate surface area is 152 Å². The van der Waals surface area contributed by atoms with E-state index >= 15 is 0 Å². The second kappa shape index (κ2) is 7.52. The summed E-state index contributed by atoms with van der Waals surface area (Å²) in [5.74, 6) is 1.34. The topological polar surface area (TPSA) is 66.0 Å². The summed E-state index contributed by atoms with van der Waals surface area (Å²) < 4.78 is 5.99. The molecule has 3 atom stereocenters. The molecule has 6 nitrogen and oxygen atoms in total. The molecule has 0 aromatic heterocycles. The molecule has 144 valence electrons. The number of aliphatic imine (C=N–C) groups is 1. The Morgan fingerprint density at radius 1 is 1.36 bits per heavy atom. The molecule has 1 saturated heterocycles. The lowest BCUT2D eigenvalue weighted by molar-refractivity contribution is -0.188. The quantitative estimate of drug-likeness (QED) is 0.600. The smallest absolute Gasteiger partial charge is 0.240 e. The third kappa shape index (κ3) is 4.66. The maximum atomic E-state index is 12.2. The molecule has 0 aromatic rings. The highest BCUT2D eigenvalue weighted by Crippen LogP contribution is 2.51. The van der Waals surface area contributed by atoms with E-state index in [2.05, 4.69) is 29.5 Å². The number of nitrogens with one attached hydrogen (secondary N) is 2. The van der Waals surface area contributed by atoms with Crippen molar-refractivity contribution in [1.29, 1.82) is 0 Å². The number of nitrogens with zero attached hydrogens (tertiary/aromatic N) is 2. The van der Waals surface area contributed by atoms with Crippen molar-refractivity contribution in [2.75, 3.05) is 26.7 Å². The maximum absolute atomic E-state index is 12.2. The van der Waals surface area contributed by atoms with Crippen molar-refractivity contribution in [3.05, 3.63) is 0 Å². The first kappa shape index (κ1) is 20.0. The molecule has 2 fully saturated rings. The summed E-state index contributed by atoms with van der Waals surface area (Å²) in [5.41, 5.74) is -0.149. The van der Waals surface area contributed by atoms with Crippen LogP contribution in [0.3, 0.4) is 0 Å². The van der Waals surface area contributed by atoms with Gasteiger partial charge in [-0.05, 0) is 40.5 Å². The van der Waals surface area contributed by atoms with E-state index in [0.29, 0.717) is 31.2 Å². The molecule has 1 amide bonds. The minimum absolute atomic E-state index is 0.00680. The number of hydrogen-bond donors (Lipinski definition) is 2. The van der Waals surface area contributed by atoms with Crippen LogP contribution in [-0.4, -0.2) is 61.2 Å². The molecule has 1 saturated carbocycles. The highest BCUT2D eigenvalue weighted by Gasteiger charge is 2.58. The number of hydrogen-bond acceptors (Lipinski definition) is 3. The highest BCUT2D eigenvalue weighted by molar-refractivity contribution is 5.87. The van der Waals surface area contributed by atoms with Crippen molar-refractivity contribution in [1.82, 2.24) is 15.5 Å². The minimum Gasteiger partial charge on any atom is -0.377 e. The van der Waals surface area contributed by atoms with Crippen molar-refractivity contribution < 1.29 is 9.53 Å². The van der Waals surface area contributed by atoms with Gasteiger partial charge in [0.25, 0.3) is 0 Å². The van der Waals surface area contributed by atoms with Gasteiger partial charge in [-0.15, -0.1) is 0 Å². The van der Waals surface area contributed by atoms with Gasteiger partial charge in [0.1, 0.15) is 0 Å². The van der Waals surface area contributed by atoms with Crippen LogP contribution in [0.25, 0.3) is 0 Å². The van der Waals surface area contributed by atoms with Crippen molar-refractivity contribution >= 4 is 11.9 Å². The van der Waals surface area contributed by atoms with Crippen molar-refractivity contribution in [2.45, 2.75) is 72.1 Å². The van der Waals surface area contributed by atoms with Crippen LogP contribution >= 0.6 is 0 Å². The highest BCUT2D eigenvalue weighted by atomic mass is 16.5. The second-order valence-electron chi connectivity index (χ2n) is 8.99. The summed E-state index contributed by atoms with van der Waals surface area (Å²) in [6.45, 7) is 14.4. The minimum atomic E-state index is -0.226. The summed E-state index contributed by atoms with van der Waals surface area (Å²) in [6, 6.07) is 0.330. The molecule has 6 heteroatoms. The first-order valence-corrected chi connectivity index (χ1v) is 9.51. The number of fused-ring (bicyclic) bond motifs is 1. The van der Waals surface area contributed by atoms with E-state index in [-0.39, 0.29) is 16.9 Å². The predicted octanol–water partition coefficient (Wildman–Crippen LogP) is 2.00. The molecule has 2 aliphatic rings. The van der Waals surface area contributed by atoms with Crippen LogP contribution in [0.2, 0.25) is 0 Å². The van der Waals surface area contributed by atoms with E-state index in [9.17, 15) is 4.79 Å². The van der Waals surface area contributed by atoms with Gasteiger partial charge in [0, 0.05) is 43.1 Å². The predicted molar refractivity (Wildman–Crippen MR) is 102 cm³/mol. The molecule has 0 bridgehead atoms. The number of guanidine groups is 1. The van der Waals surface area contributed by atoms with Crippen molar-refractivity contribution in [3.63, 3.8) is 0 Å². The molecule has 0 aromatic carbocycles. The lowest BCUT2D eigenvalue weighted by Crippen LogP contribution is -2.71. The average molecular weight is 353 g/mol. The SMILES string of the molecule is CCN=C(NC1C2CCCOC2C1(C)C)N(C)CC(=O)NC(C)(C)C. The molecule has 3 unspecified atom stereocenters. The van der Waals surface area contributed by atoms with Crippen molar-refractivity contribution in [3.8, 4) is 0 Å². The summed E-state index contributed by atoms with van der Waals surface area (Å²) in [7, 11) is 1.92. The monoisotopic (exact) mass is 352 g/mol. The lowest BCUT2D eigenvalue weighted by atomic mass is 9.55. The Morgan fingerprint density at radius 3 is 2.64 bits per heavy atom. The van der Waals surface area contributed by atoms with Gasteiger partial charge >= 0.3 is 0 Å². The first-order valence-electron chi connectivity index (χ1n) is 9.51. The molecular formula is C19H36N4O2. The van der Waals surface area contributed by atoms with Gasteiger partial charge in [0.05, 0.1) is 12.6 Å². The summed E-state index contributed by atoms with van der Waals surface area (Å²) >= 11 is 0. The van der Waals surface area contributed by atoms with E-state index < -0.39 is 0 Å². The van der Waals surface area contributed by atoms with Gasteiger partial charge in [-0.25, -0.2) is 0 Å². The van der Waals surface area contributed by atoms with Gasteiger partial charge in [0.15, 0.2) is 5.96 Å². The fourth-order valence-electron chi connectivity index (χ4n) is 4.13. The molecule has 1 aliphatic carbocycles. The Hall–Kier alpha value is -1.30. The van der Waals surface area contributed by atoms with Gasteiger partial charge in [-0.1, -0.05) is 13.8 Å². The molecule has 1 aliphatic heterocycles. The van der Waals surface area contributed by atoms with Crippen LogP contribution < -0.4 is 10.6 Å². The molecule has 25 heavy (non-hydrogen) atoms. The van der Waals surface area contributed by atoms with E-state index in [4.69, 9.17) is 4.74 Å². The molecular weight excluding hydrogens is 316 g/mol. The van der Waals surface area contributed by atoms with Gasteiger partial charge in [-0.3, -0.25) is 9.79 Å². The number of likely N-dealkylation sites (N-methyl/N-ethyl adjacent to an activating group) is 1. The Bertz CT molecular complexity index is 510. The van der Waals surface area contributed by atoms with Gasteiger partial charge in [-0.2, -0.15) is 0 Å². The maximum Gasteiger partial charge on any atom is 0.240 e. The zero-order chi connectivity index (χ0) is 18.8. The van der Waals surface area contributed by atoms with Crippen molar-refractivity contribution in [2.24, 2.45) is 16.3 Å². The summed E-state index contributed by atoms with van der Waals surface area (Å²) in [4.78, 5) is 18.8. The van der Waals surface area contributed by atoms with Crippen LogP contribution in [0.4, 0.5) is 0 Å². The fraction of sp³-hybridized carbons (Fsp3) is 0.895. The zero-order valence-electron chi connectivity index (χ0n) is 17.0. The summed E-state index contributed by atoms with van der Waals surface area (Å²) in [6.07, 6.45) is 2.65. The second-order valence-corrected chi connectivity index (χ2v) is 8.99. The van der Waals surface area contributed by atoms with Crippen LogP contribution in [0.15, 0.2) is 4.99 Å². The Balaban J connectivity index is 2.01. The third-order valence-corrected chi connectivity index (χ3v) is 5.18.